The third-order valence-electron chi connectivity index (χ3n) is 6.30. The molecule has 0 spiro atoms. The summed E-state index contributed by atoms with van der Waals surface area (Å²) in [6.07, 6.45) is 1.33. The Balaban J connectivity index is 1.57. The topological polar surface area (TPSA) is 114 Å². The first-order valence-electron chi connectivity index (χ1n) is 12.0. The smallest absolute Gasteiger partial charge is 0.335 e. The van der Waals surface area contributed by atoms with Gasteiger partial charge in [0.05, 0.1) is 17.3 Å². The van der Waals surface area contributed by atoms with E-state index in [0.29, 0.717) is 20.7 Å². The number of rotatable bonds is 7. The number of ether oxygens (including phenoxy) is 2. The molecule has 1 fully saturated rings. The number of nitrogens with zero attached hydrogens (tertiary/aromatic N) is 1. The van der Waals surface area contributed by atoms with Crippen LogP contribution < -0.4 is 25.0 Å². The molecule has 0 saturated carbocycles. The number of barbiturate groups is 1. The first kappa shape index (κ1) is 28.8. The molecular weight excluding hydrogens is 602 g/mol. The second kappa shape index (κ2) is 11.9. The Morgan fingerprint density at radius 1 is 1.07 bits per heavy atom. The first-order valence-corrected chi connectivity index (χ1v) is 13.2. The Bertz CT molecular complexity index is 1590. The number of methoxy groups -OCH3 is 1. The van der Waals surface area contributed by atoms with Gasteiger partial charge in [-0.25, -0.2) is 9.69 Å². The van der Waals surface area contributed by atoms with Gasteiger partial charge < -0.3 is 14.8 Å². The molecule has 3 aromatic rings. The molecule has 0 aliphatic carbocycles. The van der Waals surface area contributed by atoms with Crippen molar-refractivity contribution in [1.29, 1.82) is 0 Å². The number of imide groups is 2. The van der Waals surface area contributed by atoms with E-state index in [1.54, 1.807) is 31.2 Å². The van der Waals surface area contributed by atoms with Gasteiger partial charge in [0, 0.05) is 10.7 Å². The van der Waals surface area contributed by atoms with Gasteiger partial charge in [-0.15, -0.1) is 0 Å². The molecule has 4 rings (SSSR count). The molecule has 1 aliphatic heterocycles. The van der Waals surface area contributed by atoms with Gasteiger partial charge in [-0.05, 0) is 95.4 Å². The molecule has 2 N–H and O–H groups in total. The van der Waals surface area contributed by atoms with Crippen molar-refractivity contribution in [2.75, 3.05) is 23.9 Å². The molecule has 0 atom stereocenters. The highest BCUT2D eigenvalue weighted by Crippen LogP contribution is 2.38. The lowest BCUT2D eigenvalue weighted by Gasteiger charge is -2.26. The van der Waals surface area contributed by atoms with E-state index < -0.39 is 17.8 Å². The minimum absolute atomic E-state index is 0.221. The standard InChI is InChI=1S/C29H25BrClN3O6/c1-15-6-5-7-23(17(15)3)32-25(35)14-40-26-21(30)11-18(12-24(26)39-4)10-20-27(36)33-29(38)34(28(20)37)19-9-8-16(2)22(31)13-19/h5-13H,14H2,1-4H3,(H,32,35)(H,33,36,38)/b20-10+. The summed E-state index contributed by atoms with van der Waals surface area (Å²) in [7, 11) is 1.42. The predicted molar refractivity (Wildman–Crippen MR) is 156 cm³/mol. The Kier molecular flexibility index (Phi) is 8.61. The van der Waals surface area contributed by atoms with Crippen molar-refractivity contribution in [3.63, 3.8) is 0 Å². The number of urea groups is 1. The van der Waals surface area contributed by atoms with E-state index in [0.717, 1.165) is 21.6 Å². The zero-order valence-corrected chi connectivity index (χ0v) is 24.4. The van der Waals surface area contributed by atoms with Gasteiger partial charge in [0.25, 0.3) is 17.7 Å². The highest BCUT2D eigenvalue weighted by Gasteiger charge is 2.37. The molecule has 0 radical (unpaired) electrons. The largest absolute Gasteiger partial charge is 0.493 e. The average Bonchev–Trinajstić information content (AvgIpc) is 2.90. The average molecular weight is 627 g/mol. The van der Waals surface area contributed by atoms with Gasteiger partial charge >= 0.3 is 6.03 Å². The van der Waals surface area contributed by atoms with Gasteiger partial charge in [0.1, 0.15) is 5.57 Å². The van der Waals surface area contributed by atoms with E-state index in [1.807, 2.05) is 32.0 Å². The lowest BCUT2D eigenvalue weighted by atomic mass is 10.1. The maximum absolute atomic E-state index is 13.2. The molecule has 1 saturated heterocycles. The van der Waals surface area contributed by atoms with Gasteiger partial charge in [-0.3, -0.25) is 19.7 Å². The zero-order valence-electron chi connectivity index (χ0n) is 22.1. The zero-order chi connectivity index (χ0) is 29.1. The molecule has 11 heteroatoms. The SMILES string of the molecule is COc1cc(/C=C2\C(=O)NC(=O)N(c3ccc(C)c(Cl)c3)C2=O)cc(Br)c1OCC(=O)Nc1cccc(C)c1C. The van der Waals surface area contributed by atoms with Crippen molar-refractivity contribution in [2.24, 2.45) is 0 Å². The van der Waals surface area contributed by atoms with Crippen LogP contribution in [0.1, 0.15) is 22.3 Å². The summed E-state index contributed by atoms with van der Waals surface area (Å²) < 4.78 is 11.6. The predicted octanol–water partition coefficient (Wildman–Crippen LogP) is 5.72. The summed E-state index contributed by atoms with van der Waals surface area (Å²) in [6, 6.07) is 12.6. The normalized spacial score (nSPS) is 14.3. The maximum atomic E-state index is 13.2. The summed E-state index contributed by atoms with van der Waals surface area (Å²) >= 11 is 9.59. The number of halogens is 2. The Morgan fingerprint density at radius 2 is 1.82 bits per heavy atom. The van der Waals surface area contributed by atoms with Crippen LogP contribution in [0.4, 0.5) is 16.2 Å². The molecule has 9 nitrogen and oxygen atoms in total. The number of anilines is 2. The number of benzene rings is 3. The van der Waals surface area contributed by atoms with Crippen LogP contribution in [0.25, 0.3) is 6.08 Å². The number of amides is 5. The van der Waals surface area contributed by atoms with E-state index in [4.69, 9.17) is 21.1 Å². The monoisotopic (exact) mass is 625 g/mol. The number of carbonyl (C=O) groups excluding carboxylic acids is 4. The number of hydrogen-bond acceptors (Lipinski definition) is 6. The molecular formula is C29H25BrClN3O6. The van der Waals surface area contributed by atoms with Gasteiger partial charge in [0.15, 0.2) is 18.1 Å². The molecule has 0 aromatic heterocycles. The fraction of sp³-hybridized carbons (Fsp3) is 0.172. The van der Waals surface area contributed by atoms with E-state index >= 15 is 0 Å². The summed E-state index contributed by atoms with van der Waals surface area (Å²) in [4.78, 5) is 51.8. The molecule has 0 unspecified atom stereocenters. The fourth-order valence-electron chi connectivity index (χ4n) is 3.95. The number of hydrogen-bond donors (Lipinski definition) is 2. The number of nitrogens with one attached hydrogen (secondary N) is 2. The molecule has 206 valence electrons. The van der Waals surface area contributed by atoms with Crippen LogP contribution in [-0.4, -0.2) is 37.5 Å². The molecule has 0 bridgehead atoms. The van der Waals surface area contributed by atoms with Crippen LogP contribution in [-0.2, 0) is 14.4 Å². The minimum Gasteiger partial charge on any atom is -0.493 e. The number of carbonyl (C=O) groups is 4. The van der Waals surface area contributed by atoms with Crippen LogP contribution in [0, 0.1) is 20.8 Å². The van der Waals surface area contributed by atoms with E-state index in [1.165, 1.54) is 19.3 Å². The molecule has 40 heavy (non-hydrogen) atoms. The van der Waals surface area contributed by atoms with E-state index in [2.05, 4.69) is 26.6 Å². The van der Waals surface area contributed by atoms with E-state index in [9.17, 15) is 19.2 Å². The molecule has 1 heterocycles. The van der Waals surface area contributed by atoms with Crippen molar-refractivity contribution in [3.8, 4) is 11.5 Å². The second-order valence-corrected chi connectivity index (χ2v) is 10.3. The highest BCUT2D eigenvalue weighted by atomic mass is 79.9. The quantitative estimate of drug-likeness (QED) is 0.256. The summed E-state index contributed by atoms with van der Waals surface area (Å²) in [5.74, 6) is -1.51. The van der Waals surface area contributed by atoms with Crippen molar-refractivity contribution in [2.45, 2.75) is 20.8 Å². The van der Waals surface area contributed by atoms with Gasteiger partial charge in [0.2, 0.25) is 0 Å². The Labute approximate surface area is 244 Å². The lowest BCUT2D eigenvalue weighted by Crippen LogP contribution is -2.54. The molecule has 1 aliphatic rings. The lowest BCUT2D eigenvalue weighted by molar-refractivity contribution is -0.122. The van der Waals surface area contributed by atoms with Crippen molar-refractivity contribution in [3.05, 3.63) is 85.9 Å². The van der Waals surface area contributed by atoms with Crippen molar-refractivity contribution < 1.29 is 28.7 Å². The summed E-state index contributed by atoms with van der Waals surface area (Å²) in [5, 5.41) is 5.38. The summed E-state index contributed by atoms with van der Waals surface area (Å²) in [5.41, 5.74) is 3.82. The maximum Gasteiger partial charge on any atom is 0.335 e. The molecule has 3 aromatic carbocycles. The van der Waals surface area contributed by atoms with Crippen molar-refractivity contribution >= 4 is 68.7 Å². The van der Waals surface area contributed by atoms with Crippen LogP contribution in [0.2, 0.25) is 5.02 Å². The van der Waals surface area contributed by atoms with Gasteiger partial charge in [-0.1, -0.05) is 29.8 Å². The summed E-state index contributed by atoms with van der Waals surface area (Å²) in [6.45, 7) is 5.37. The van der Waals surface area contributed by atoms with Crippen LogP contribution in [0.15, 0.2) is 58.6 Å². The van der Waals surface area contributed by atoms with Crippen LogP contribution in [0.3, 0.4) is 0 Å². The fourth-order valence-corrected chi connectivity index (χ4v) is 4.70. The third-order valence-corrected chi connectivity index (χ3v) is 7.30. The first-order chi connectivity index (χ1) is 19.0. The highest BCUT2D eigenvalue weighted by molar-refractivity contribution is 9.10. The van der Waals surface area contributed by atoms with Crippen LogP contribution in [0.5, 0.6) is 11.5 Å². The Morgan fingerprint density at radius 3 is 2.52 bits per heavy atom. The molecule has 5 amide bonds. The van der Waals surface area contributed by atoms with Gasteiger partial charge in [-0.2, -0.15) is 0 Å². The Hall–Kier alpha value is -4.15. The van der Waals surface area contributed by atoms with E-state index in [-0.39, 0.29) is 35.3 Å². The van der Waals surface area contributed by atoms with Crippen LogP contribution >= 0.6 is 27.5 Å². The number of aryl methyl sites for hydroxylation is 2. The minimum atomic E-state index is -0.881. The third kappa shape index (κ3) is 6.03. The second-order valence-electron chi connectivity index (χ2n) is 9.01. The van der Waals surface area contributed by atoms with Crippen molar-refractivity contribution in [1.82, 2.24) is 5.32 Å².